The van der Waals surface area contributed by atoms with Crippen molar-refractivity contribution in [2.24, 2.45) is 0 Å². The standard InChI is InChI=1S/C15H14N2O3/c1-11-7-12(9-16-8-11)15(20)17(10-14(18)19)13-5-3-2-4-6-13/h2-9H,10H2,1H3,(H,18,19). The largest absolute Gasteiger partial charge is 0.480 e. The van der Waals surface area contributed by atoms with Gasteiger partial charge in [0.2, 0.25) is 0 Å². The van der Waals surface area contributed by atoms with Crippen LogP contribution in [-0.2, 0) is 4.79 Å². The number of carboxylic acid groups (broad SMARTS) is 1. The normalized spacial score (nSPS) is 10.1. The van der Waals surface area contributed by atoms with E-state index in [9.17, 15) is 9.59 Å². The van der Waals surface area contributed by atoms with Gasteiger partial charge in [-0.25, -0.2) is 0 Å². The predicted octanol–water partition coefficient (Wildman–Crippen LogP) is 2.12. The number of para-hydroxylation sites is 1. The van der Waals surface area contributed by atoms with Crippen LogP contribution >= 0.6 is 0 Å². The van der Waals surface area contributed by atoms with Crippen molar-refractivity contribution in [3.63, 3.8) is 0 Å². The van der Waals surface area contributed by atoms with Gasteiger partial charge in [0.25, 0.3) is 5.91 Å². The molecule has 0 aliphatic rings. The van der Waals surface area contributed by atoms with Crippen LogP contribution in [0.5, 0.6) is 0 Å². The molecule has 5 heteroatoms. The SMILES string of the molecule is Cc1cncc(C(=O)N(CC(=O)O)c2ccccc2)c1. The Kier molecular flexibility index (Phi) is 4.10. The van der Waals surface area contributed by atoms with Gasteiger partial charge in [0, 0.05) is 18.1 Å². The third kappa shape index (κ3) is 3.20. The Morgan fingerprint density at radius 2 is 1.90 bits per heavy atom. The molecule has 0 spiro atoms. The summed E-state index contributed by atoms with van der Waals surface area (Å²) in [6, 6.07) is 10.4. The fourth-order valence-electron chi connectivity index (χ4n) is 1.85. The number of aliphatic carboxylic acids is 1. The van der Waals surface area contributed by atoms with E-state index in [4.69, 9.17) is 5.11 Å². The van der Waals surface area contributed by atoms with Crippen LogP contribution in [0.15, 0.2) is 48.8 Å². The quantitative estimate of drug-likeness (QED) is 0.923. The van der Waals surface area contributed by atoms with Crippen molar-refractivity contribution >= 4 is 17.6 Å². The molecule has 0 radical (unpaired) electrons. The molecule has 0 atom stereocenters. The summed E-state index contributed by atoms with van der Waals surface area (Å²) in [6.45, 7) is 1.44. The van der Waals surface area contributed by atoms with E-state index in [1.165, 1.54) is 11.1 Å². The second-order valence-electron chi connectivity index (χ2n) is 4.37. The number of aromatic nitrogens is 1. The van der Waals surface area contributed by atoms with E-state index in [2.05, 4.69) is 4.98 Å². The molecule has 2 aromatic rings. The van der Waals surface area contributed by atoms with E-state index >= 15 is 0 Å². The van der Waals surface area contributed by atoms with Gasteiger partial charge in [-0.05, 0) is 30.7 Å². The van der Waals surface area contributed by atoms with Gasteiger partial charge in [-0.15, -0.1) is 0 Å². The number of hydrogen-bond donors (Lipinski definition) is 1. The predicted molar refractivity (Wildman–Crippen MR) is 74.7 cm³/mol. The highest BCUT2D eigenvalue weighted by Crippen LogP contribution is 2.16. The molecule has 1 amide bonds. The summed E-state index contributed by atoms with van der Waals surface area (Å²) < 4.78 is 0. The molecule has 1 N–H and O–H groups in total. The van der Waals surface area contributed by atoms with Crippen molar-refractivity contribution in [3.05, 3.63) is 59.9 Å². The Labute approximate surface area is 116 Å². The van der Waals surface area contributed by atoms with E-state index < -0.39 is 12.5 Å². The van der Waals surface area contributed by atoms with Crippen LogP contribution in [-0.4, -0.2) is 28.5 Å². The van der Waals surface area contributed by atoms with Crippen molar-refractivity contribution < 1.29 is 14.7 Å². The van der Waals surface area contributed by atoms with Crippen LogP contribution < -0.4 is 4.90 Å². The molecular weight excluding hydrogens is 256 g/mol. The van der Waals surface area contributed by atoms with Gasteiger partial charge in [0.1, 0.15) is 6.54 Å². The van der Waals surface area contributed by atoms with Gasteiger partial charge in [-0.3, -0.25) is 19.5 Å². The summed E-state index contributed by atoms with van der Waals surface area (Å²) in [6.07, 6.45) is 3.08. The Balaban J connectivity index is 2.36. The first-order chi connectivity index (χ1) is 9.58. The maximum atomic E-state index is 12.5. The molecule has 0 fully saturated rings. The zero-order valence-corrected chi connectivity index (χ0v) is 11.0. The lowest BCUT2D eigenvalue weighted by Crippen LogP contribution is -2.35. The van der Waals surface area contributed by atoms with E-state index in [1.807, 2.05) is 6.92 Å². The molecule has 0 saturated heterocycles. The van der Waals surface area contributed by atoms with Crippen molar-refractivity contribution in [2.45, 2.75) is 6.92 Å². The number of aryl methyl sites for hydroxylation is 1. The lowest BCUT2D eigenvalue weighted by molar-refractivity contribution is -0.135. The highest BCUT2D eigenvalue weighted by Gasteiger charge is 2.20. The number of carbonyl (C=O) groups is 2. The molecule has 0 bridgehead atoms. The van der Waals surface area contributed by atoms with Crippen molar-refractivity contribution in [1.82, 2.24) is 4.98 Å². The Hall–Kier alpha value is -2.69. The molecule has 5 nitrogen and oxygen atoms in total. The smallest absolute Gasteiger partial charge is 0.323 e. The van der Waals surface area contributed by atoms with Gasteiger partial charge < -0.3 is 5.11 Å². The van der Waals surface area contributed by atoms with E-state index in [0.717, 1.165) is 5.56 Å². The number of pyridine rings is 1. The van der Waals surface area contributed by atoms with Crippen molar-refractivity contribution in [3.8, 4) is 0 Å². The molecule has 0 unspecified atom stereocenters. The van der Waals surface area contributed by atoms with Crippen LogP contribution in [0.4, 0.5) is 5.69 Å². The molecular formula is C15H14N2O3. The summed E-state index contributed by atoms with van der Waals surface area (Å²) in [4.78, 5) is 28.6. The Morgan fingerprint density at radius 3 is 2.50 bits per heavy atom. The number of carbonyl (C=O) groups excluding carboxylic acids is 1. The van der Waals surface area contributed by atoms with E-state index in [-0.39, 0.29) is 5.91 Å². The van der Waals surface area contributed by atoms with Gasteiger partial charge in [-0.1, -0.05) is 18.2 Å². The summed E-state index contributed by atoms with van der Waals surface area (Å²) in [5, 5.41) is 8.99. The highest BCUT2D eigenvalue weighted by atomic mass is 16.4. The summed E-state index contributed by atoms with van der Waals surface area (Å²) in [5.74, 6) is -1.45. The van der Waals surface area contributed by atoms with Gasteiger partial charge in [0.05, 0.1) is 5.56 Å². The average Bonchev–Trinajstić information content (AvgIpc) is 2.45. The van der Waals surface area contributed by atoms with Crippen molar-refractivity contribution in [1.29, 1.82) is 0 Å². The topological polar surface area (TPSA) is 70.5 Å². The molecule has 102 valence electrons. The molecule has 2 rings (SSSR count). The minimum Gasteiger partial charge on any atom is -0.480 e. The third-order valence-corrected chi connectivity index (χ3v) is 2.73. The van der Waals surface area contributed by atoms with Crippen LogP contribution in [0.3, 0.4) is 0 Å². The third-order valence-electron chi connectivity index (χ3n) is 2.73. The molecule has 1 aromatic heterocycles. The second-order valence-corrected chi connectivity index (χ2v) is 4.37. The number of anilines is 1. The number of carboxylic acids is 1. The van der Waals surface area contributed by atoms with Gasteiger partial charge in [0.15, 0.2) is 0 Å². The van der Waals surface area contributed by atoms with E-state index in [1.54, 1.807) is 42.6 Å². The first-order valence-electron chi connectivity index (χ1n) is 6.08. The lowest BCUT2D eigenvalue weighted by Gasteiger charge is -2.20. The van der Waals surface area contributed by atoms with Crippen LogP contribution in [0.2, 0.25) is 0 Å². The first kappa shape index (κ1) is 13.7. The van der Waals surface area contributed by atoms with Crippen molar-refractivity contribution in [2.75, 3.05) is 11.4 Å². The van der Waals surface area contributed by atoms with Crippen LogP contribution in [0.25, 0.3) is 0 Å². The summed E-state index contributed by atoms with van der Waals surface area (Å²) in [7, 11) is 0. The fraction of sp³-hybridized carbons (Fsp3) is 0.133. The molecule has 0 aliphatic carbocycles. The zero-order valence-electron chi connectivity index (χ0n) is 11.0. The number of amides is 1. The summed E-state index contributed by atoms with van der Waals surface area (Å²) in [5.41, 5.74) is 1.76. The Bertz CT molecular complexity index is 626. The maximum Gasteiger partial charge on any atom is 0.323 e. The highest BCUT2D eigenvalue weighted by molar-refractivity contribution is 6.08. The zero-order chi connectivity index (χ0) is 14.5. The molecule has 1 aromatic carbocycles. The number of hydrogen-bond acceptors (Lipinski definition) is 3. The van der Waals surface area contributed by atoms with Crippen LogP contribution in [0.1, 0.15) is 15.9 Å². The maximum absolute atomic E-state index is 12.5. The van der Waals surface area contributed by atoms with E-state index in [0.29, 0.717) is 11.3 Å². The minimum absolute atomic E-state index is 0.370. The van der Waals surface area contributed by atoms with Crippen LogP contribution in [0, 0.1) is 6.92 Å². The first-order valence-corrected chi connectivity index (χ1v) is 6.08. The molecule has 0 aliphatic heterocycles. The average molecular weight is 270 g/mol. The molecule has 20 heavy (non-hydrogen) atoms. The molecule has 1 heterocycles. The number of benzene rings is 1. The lowest BCUT2D eigenvalue weighted by atomic mass is 10.2. The second kappa shape index (κ2) is 5.97. The fourth-order valence-corrected chi connectivity index (χ4v) is 1.85. The summed E-state index contributed by atoms with van der Waals surface area (Å²) >= 11 is 0. The Morgan fingerprint density at radius 1 is 1.20 bits per heavy atom. The monoisotopic (exact) mass is 270 g/mol. The number of nitrogens with zero attached hydrogens (tertiary/aromatic N) is 2. The minimum atomic E-state index is -1.07. The molecule has 0 saturated carbocycles. The van der Waals surface area contributed by atoms with Gasteiger partial charge in [-0.2, -0.15) is 0 Å². The van der Waals surface area contributed by atoms with Gasteiger partial charge >= 0.3 is 5.97 Å². The number of rotatable bonds is 4.